The van der Waals surface area contributed by atoms with Gasteiger partial charge < -0.3 is 5.32 Å². The molecule has 0 bridgehead atoms. The summed E-state index contributed by atoms with van der Waals surface area (Å²) in [4.78, 5) is 26.0. The zero-order valence-electron chi connectivity index (χ0n) is 15.8. The summed E-state index contributed by atoms with van der Waals surface area (Å²) in [7, 11) is 0. The van der Waals surface area contributed by atoms with Gasteiger partial charge in [-0.05, 0) is 41.3 Å². The third-order valence-electron chi connectivity index (χ3n) is 3.86. The highest BCUT2D eigenvalue weighted by atomic mass is 35.5. The van der Waals surface area contributed by atoms with Crippen LogP contribution in [0, 0.1) is 0 Å². The van der Waals surface area contributed by atoms with Gasteiger partial charge in [-0.2, -0.15) is 5.10 Å². The van der Waals surface area contributed by atoms with Crippen molar-refractivity contribution < 1.29 is 9.59 Å². The minimum absolute atomic E-state index is 0.0616. The van der Waals surface area contributed by atoms with Gasteiger partial charge in [0.1, 0.15) is 5.70 Å². The number of benzene rings is 2. The minimum Gasteiger partial charge on any atom is -0.317 e. The van der Waals surface area contributed by atoms with E-state index < -0.39 is 11.8 Å². The predicted molar refractivity (Wildman–Crippen MR) is 123 cm³/mol. The summed E-state index contributed by atoms with van der Waals surface area (Å²) < 4.78 is 0. The van der Waals surface area contributed by atoms with E-state index in [0.29, 0.717) is 5.02 Å². The fourth-order valence-corrected chi connectivity index (χ4v) is 3.31. The van der Waals surface area contributed by atoms with Crippen LogP contribution in [0.1, 0.15) is 20.8 Å². The Morgan fingerprint density at radius 1 is 0.967 bits per heavy atom. The van der Waals surface area contributed by atoms with Crippen molar-refractivity contribution in [3.8, 4) is 0 Å². The van der Waals surface area contributed by atoms with Gasteiger partial charge in [-0.3, -0.25) is 9.59 Å². The van der Waals surface area contributed by atoms with Crippen molar-refractivity contribution in [2.75, 3.05) is 0 Å². The third-order valence-corrected chi connectivity index (χ3v) is 5.00. The third kappa shape index (κ3) is 6.27. The van der Waals surface area contributed by atoms with E-state index in [9.17, 15) is 9.59 Å². The van der Waals surface area contributed by atoms with Crippen molar-refractivity contribution in [2.45, 2.75) is 0 Å². The number of carbonyl (C=O) groups is 2. The monoisotopic (exact) mass is 435 g/mol. The Morgan fingerprint density at radius 2 is 1.73 bits per heavy atom. The number of nitrogens with zero attached hydrogens (tertiary/aromatic N) is 1. The van der Waals surface area contributed by atoms with Crippen LogP contribution in [-0.4, -0.2) is 18.0 Å². The second kappa shape index (κ2) is 10.9. The van der Waals surface area contributed by atoms with Crippen LogP contribution in [-0.2, 0) is 4.79 Å². The van der Waals surface area contributed by atoms with Crippen LogP contribution < -0.4 is 10.7 Å². The summed E-state index contributed by atoms with van der Waals surface area (Å²) in [6.07, 6.45) is 6.62. The van der Waals surface area contributed by atoms with Crippen LogP contribution in [0.15, 0.2) is 89.0 Å². The number of hydrazone groups is 1. The molecular weight excluding hydrogens is 418 g/mol. The normalized spacial score (nSPS) is 11.7. The van der Waals surface area contributed by atoms with Gasteiger partial charge in [0.25, 0.3) is 11.8 Å². The van der Waals surface area contributed by atoms with Crippen molar-refractivity contribution in [3.63, 3.8) is 0 Å². The van der Waals surface area contributed by atoms with E-state index in [1.807, 2.05) is 53.9 Å². The van der Waals surface area contributed by atoms with Gasteiger partial charge in [-0.1, -0.05) is 66.2 Å². The average molecular weight is 436 g/mol. The Balaban J connectivity index is 1.70. The summed E-state index contributed by atoms with van der Waals surface area (Å²) in [6.45, 7) is 0. The maximum Gasteiger partial charge on any atom is 0.287 e. The molecule has 0 spiro atoms. The van der Waals surface area contributed by atoms with Crippen LogP contribution in [0.25, 0.3) is 12.2 Å². The van der Waals surface area contributed by atoms with Crippen LogP contribution >= 0.6 is 22.9 Å². The van der Waals surface area contributed by atoms with Crippen LogP contribution in [0.3, 0.4) is 0 Å². The Kier molecular flexibility index (Phi) is 7.71. The van der Waals surface area contributed by atoms with E-state index in [1.165, 1.54) is 17.6 Å². The van der Waals surface area contributed by atoms with E-state index >= 15 is 0 Å². The lowest BCUT2D eigenvalue weighted by molar-refractivity contribution is -0.117. The molecule has 7 heteroatoms. The van der Waals surface area contributed by atoms with E-state index in [0.717, 1.165) is 10.4 Å². The second-order valence-electron chi connectivity index (χ2n) is 6.00. The molecule has 0 radical (unpaired) electrons. The van der Waals surface area contributed by atoms with Crippen LogP contribution in [0.5, 0.6) is 0 Å². The van der Waals surface area contributed by atoms with Gasteiger partial charge in [0, 0.05) is 11.1 Å². The second-order valence-corrected chi connectivity index (χ2v) is 7.38. The zero-order chi connectivity index (χ0) is 21.2. The molecule has 5 nitrogen and oxygen atoms in total. The molecule has 3 rings (SSSR count). The number of thiophene rings is 1. The predicted octanol–water partition coefficient (Wildman–Crippen LogP) is 4.99. The quantitative estimate of drug-likeness (QED) is 0.312. The molecule has 2 N–H and O–H groups in total. The zero-order valence-corrected chi connectivity index (χ0v) is 17.4. The van der Waals surface area contributed by atoms with Gasteiger partial charge in [0.05, 0.1) is 10.6 Å². The SMILES string of the molecule is O=C(NN=C/C=C\c1ccccc1)/C(=C\c1cccs1)NC(=O)c1ccccc1Cl. The molecule has 150 valence electrons. The van der Waals surface area contributed by atoms with Crippen molar-refractivity contribution in [2.24, 2.45) is 5.10 Å². The molecule has 1 aromatic heterocycles. The molecule has 1 heterocycles. The Bertz CT molecular complexity index is 1090. The molecule has 0 saturated carbocycles. The molecule has 0 aliphatic rings. The molecule has 30 heavy (non-hydrogen) atoms. The fourth-order valence-electron chi connectivity index (χ4n) is 2.43. The number of rotatable bonds is 7. The Hall–Kier alpha value is -3.48. The van der Waals surface area contributed by atoms with Crippen LogP contribution in [0.2, 0.25) is 5.02 Å². The summed E-state index contributed by atoms with van der Waals surface area (Å²) in [5.41, 5.74) is 3.77. The number of carbonyl (C=O) groups excluding carboxylic acids is 2. The molecule has 0 unspecified atom stereocenters. The largest absolute Gasteiger partial charge is 0.317 e. The van der Waals surface area contributed by atoms with Crippen molar-refractivity contribution in [1.29, 1.82) is 0 Å². The number of halogens is 1. The van der Waals surface area contributed by atoms with Crippen molar-refractivity contribution >= 4 is 53.1 Å². The Morgan fingerprint density at radius 3 is 2.47 bits per heavy atom. The minimum atomic E-state index is -0.548. The van der Waals surface area contributed by atoms with E-state index in [4.69, 9.17) is 11.6 Å². The number of nitrogens with one attached hydrogen (secondary N) is 2. The lowest BCUT2D eigenvalue weighted by Crippen LogP contribution is -2.32. The van der Waals surface area contributed by atoms with Gasteiger partial charge in [-0.25, -0.2) is 5.43 Å². The molecule has 0 aliphatic heterocycles. The molecule has 3 aromatic rings. The lowest BCUT2D eigenvalue weighted by Gasteiger charge is -2.09. The fraction of sp³-hybridized carbons (Fsp3) is 0. The molecule has 0 aliphatic carbocycles. The topological polar surface area (TPSA) is 70.6 Å². The van der Waals surface area contributed by atoms with E-state index in [1.54, 1.807) is 36.4 Å². The summed E-state index contributed by atoms with van der Waals surface area (Å²) in [5.74, 6) is -1.03. The highest BCUT2D eigenvalue weighted by Crippen LogP contribution is 2.16. The lowest BCUT2D eigenvalue weighted by atomic mass is 10.2. The maximum atomic E-state index is 12.6. The standard InChI is InChI=1S/C23H18ClN3O2S/c24-20-13-5-4-12-19(20)22(28)26-21(16-18-11-7-15-30-18)23(29)27-25-14-6-10-17-8-2-1-3-9-17/h1-16H,(H,26,28)(H,27,29)/b10-6-,21-16+,25-14?. The first-order valence-electron chi connectivity index (χ1n) is 8.99. The molecule has 0 fully saturated rings. The first-order chi connectivity index (χ1) is 14.6. The van der Waals surface area contributed by atoms with Crippen LogP contribution in [0.4, 0.5) is 0 Å². The maximum absolute atomic E-state index is 12.6. The first kappa shape index (κ1) is 21.2. The highest BCUT2D eigenvalue weighted by molar-refractivity contribution is 7.10. The van der Waals surface area contributed by atoms with E-state index in [2.05, 4.69) is 15.8 Å². The summed E-state index contributed by atoms with van der Waals surface area (Å²) in [6, 6.07) is 20.0. The average Bonchev–Trinajstić information content (AvgIpc) is 3.27. The number of hydrogen-bond acceptors (Lipinski definition) is 4. The van der Waals surface area contributed by atoms with Gasteiger partial charge in [0.2, 0.25) is 0 Å². The number of allylic oxidation sites excluding steroid dienone is 1. The summed E-state index contributed by atoms with van der Waals surface area (Å²) in [5, 5.41) is 8.71. The number of amides is 2. The first-order valence-corrected chi connectivity index (χ1v) is 10.3. The molecular formula is C23H18ClN3O2S. The molecule has 2 aromatic carbocycles. The van der Waals surface area contributed by atoms with E-state index in [-0.39, 0.29) is 11.3 Å². The van der Waals surface area contributed by atoms with Gasteiger partial charge in [-0.15, -0.1) is 11.3 Å². The van der Waals surface area contributed by atoms with Crippen molar-refractivity contribution in [3.05, 3.63) is 105 Å². The van der Waals surface area contributed by atoms with Gasteiger partial charge in [0.15, 0.2) is 0 Å². The Labute approximate surface area is 183 Å². The highest BCUT2D eigenvalue weighted by Gasteiger charge is 2.16. The van der Waals surface area contributed by atoms with Gasteiger partial charge >= 0.3 is 0 Å². The molecule has 0 atom stereocenters. The number of hydrogen-bond donors (Lipinski definition) is 2. The molecule has 0 saturated heterocycles. The van der Waals surface area contributed by atoms with Crippen molar-refractivity contribution in [1.82, 2.24) is 10.7 Å². The summed E-state index contributed by atoms with van der Waals surface area (Å²) >= 11 is 7.52. The molecule has 2 amide bonds. The smallest absolute Gasteiger partial charge is 0.287 e.